The van der Waals surface area contributed by atoms with E-state index in [1.165, 1.54) is 5.56 Å². The first kappa shape index (κ1) is 17.7. The fourth-order valence-electron chi connectivity index (χ4n) is 3.36. The van der Waals surface area contributed by atoms with Crippen LogP contribution in [0.1, 0.15) is 41.3 Å². The van der Waals surface area contributed by atoms with Crippen molar-refractivity contribution in [3.8, 4) is 0 Å². The third-order valence-electron chi connectivity index (χ3n) is 4.41. The van der Waals surface area contributed by atoms with Crippen molar-refractivity contribution in [2.24, 2.45) is 0 Å². The Bertz CT molecular complexity index is 715. The van der Waals surface area contributed by atoms with Gasteiger partial charge >= 0.3 is 0 Å². The molecular weight excluding hydrogens is 316 g/mol. The predicted molar refractivity (Wildman–Crippen MR) is 96.3 cm³/mol. The molecule has 5 nitrogen and oxygen atoms in total. The molecule has 1 aromatic carbocycles. The van der Waals surface area contributed by atoms with Gasteiger partial charge in [-0.2, -0.15) is 0 Å². The average Bonchev–Trinajstić information content (AvgIpc) is 2.99. The Kier molecular flexibility index (Phi) is 5.56. The summed E-state index contributed by atoms with van der Waals surface area (Å²) in [6.45, 7) is 9.26. The van der Waals surface area contributed by atoms with Crippen LogP contribution in [0.5, 0.6) is 0 Å². The molecule has 2 aromatic rings. The number of rotatable bonds is 5. The standard InChI is InChI=1S/C20H26N2O3/c1-14-8-9-19(25-14)20(23)21-10-17-6-4-5-7-18(17)13-22-11-15(2)24-16(3)12-22/h4-9,15-16H,10-13H2,1-3H3,(H,21,23). The van der Waals surface area contributed by atoms with Gasteiger partial charge in [0.2, 0.25) is 0 Å². The summed E-state index contributed by atoms with van der Waals surface area (Å²) in [5.41, 5.74) is 2.37. The van der Waals surface area contributed by atoms with Crippen molar-refractivity contribution in [3.63, 3.8) is 0 Å². The van der Waals surface area contributed by atoms with Crippen LogP contribution < -0.4 is 5.32 Å². The van der Waals surface area contributed by atoms with E-state index >= 15 is 0 Å². The first-order valence-electron chi connectivity index (χ1n) is 8.80. The van der Waals surface area contributed by atoms with Gasteiger partial charge in [-0.15, -0.1) is 0 Å². The molecule has 1 fully saturated rings. The molecule has 1 saturated heterocycles. The zero-order chi connectivity index (χ0) is 17.8. The molecular formula is C20H26N2O3. The van der Waals surface area contributed by atoms with E-state index in [-0.39, 0.29) is 18.1 Å². The van der Waals surface area contributed by atoms with E-state index < -0.39 is 0 Å². The molecule has 5 heteroatoms. The lowest BCUT2D eigenvalue weighted by Crippen LogP contribution is -2.45. The molecule has 1 aliphatic rings. The van der Waals surface area contributed by atoms with Crippen molar-refractivity contribution >= 4 is 5.91 Å². The van der Waals surface area contributed by atoms with E-state index in [1.54, 1.807) is 12.1 Å². The zero-order valence-corrected chi connectivity index (χ0v) is 15.1. The van der Waals surface area contributed by atoms with Crippen LogP contribution in [0.4, 0.5) is 0 Å². The number of carbonyl (C=O) groups is 1. The summed E-state index contributed by atoms with van der Waals surface area (Å²) in [5, 5.41) is 2.95. The first-order valence-corrected chi connectivity index (χ1v) is 8.80. The molecule has 134 valence electrons. The number of hydrogen-bond donors (Lipinski definition) is 1. The summed E-state index contributed by atoms with van der Waals surface area (Å²) >= 11 is 0. The number of ether oxygens (including phenoxy) is 1. The molecule has 0 radical (unpaired) electrons. The van der Waals surface area contributed by atoms with Crippen molar-refractivity contribution in [2.75, 3.05) is 13.1 Å². The van der Waals surface area contributed by atoms with Crippen LogP contribution in [0.15, 0.2) is 40.8 Å². The highest BCUT2D eigenvalue weighted by Gasteiger charge is 2.22. The maximum absolute atomic E-state index is 12.2. The maximum atomic E-state index is 12.2. The van der Waals surface area contributed by atoms with Gasteiger partial charge in [0.15, 0.2) is 5.76 Å². The smallest absolute Gasteiger partial charge is 0.287 e. The highest BCUT2D eigenvalue weighted by molar-refractivity contribution is 5.91. The Hall–Kier alpha value is -2.11. The van der Waals surface area contributed by atoms with Crippen LogP contribution in [-0.4, -0.2) is 36.1 Å². The molecule has 25 heavy (non-hydrogen) atoms. The quantitative estimate of drug-likeness (QED) is 0.907. The number of aryl methyl sites for hydroxylation is 1. The van der Waals surface area contributed by atoms with Gasteiger partial charge in [0.05, 0.1) is 12.2 Å². The minimum absolute atomic E-state index is 0.184. The SMILES string of the molecule is Cc1ccc(C(=O)NCc2ccccc2CN2CC(C)OC(C)C2)o1. The van der Waals surface area contributed by atoms with E-state index in [0.29, 0.717) is 12.3 Å². The summed E-state index contributed by atoms with van der Waals surface area (Å²) in [4.78, 5) is 14.6. The number of carbonyl (C=O) groups excluding carboxylic acids is 1. The van der Waals surface area contributed by atoms with Crippen LogP contribution in [-0.2, 0) is 17.8 Å². The molecule has 0 aliphatic carbocycles. The highest BCUT2D eigenvalue weighted by Crippen LogP contribution is 2.17. The van der Waals surface area contributed by atoms with E-state index in [0.717, 1.165) is 31.0 Å². The molecule has 1 aliphatic heterocycles. The van der Waals surface area contributed by atoms with Crippen molar-refractivity contribution in [1.82, 2.24) is 10.2 Å². The maximum Gasteiger partial charge on any atom is 0.287 e. The van der Waals surface area contributed by atoms with Gasteiger partial charge in [-0.3, -0.25) is 9.69 Å². The van der Waals surface area contributed by atoms with Gasteiger partial charge in [-0.25, -0.2) is 0 Å². The lowest BCUT2D eigenvalue weighted by atomic mass is 10.1. The van der Waals surface area contributed by atoms with Crippen LogP contribution >= 0.6 is 0 Å². The topological polar surface area (TPSA) is 54.7 Å². The Morgan fingerprint density at radius 2 is 1.80 bits per heavy atom. The van der Waals surface area contributed by atoms with E-state index in [4.69, 9.17) is 9.15 Å². The molecule has 3 rings (SSSR count). The van der Waals surface area contributed by atoms with Crippen LogP contribution in [0.3, 0.4) is 0 Å². The number of amides is 1. The number of morpholine rings is 1. The fourth-order valence-corrected chi connectivity index (χ4v) is 3.36. The van der Waals surface area contributed by atoms with Gasteiger partial charge in [-0.1, -0.05) is 24.3 Å². The van der Waals surface area contributed by atoms with Crippen molar-refractivity contribution in [1.29, 1.82) is 0 Å². The zero-order valence-electron chi connectivity index (χ0n) is 15.1. The largest absolute Gasteiger partial charge is 0.456 e. The second-order valence-electron chi connectivity index (χ2n) is 6.81. The molecule has 0 saturated carbocycles. The van der Waals surface area contributed by atoms with Crippen molar-refractivity contribution < 1.29 is 13.9 Å². The third-order valence-corrected chi connectivity index (χ3v) is 4.41. The number of hydrogen-bond acceptors (Lipinski definition) is 4. The molecule has 0 spiro atoms. The molecule has 1 aromatic heterocycles. The number of nitrogens with one attached hydrogen (secondary N) is 1. The monoisotopic (exact) mass is 342 g/mol. The molecule has 1 amide bonds. The summed E-state index contributed by atoms with van der Waals surface area (Å²) < 4.78 is 11.2. The fraction of sp³-hybridized carbons (Fsp3) is 0.450. The van der Waals surface area contributed by atoms with Gasteiger partial charge in [0.25, 0.3) is 5.91 Å². The van der Waals surface area contributed by atoms with Crippen molar-refractivity contribution in [2.45, 2.75) is 46.1 Å². The molecule has 1 N–H and O–H groups in total. The van der Waals surface area contributed by atoms with Gasteiger partial charge in [0, 0.05) is 26.2 Å². The first-order chi connectivity index (χ1) is 12.0. The molecule has 2 unspecified atom stereocenters. The summed E-state index contributed by atoms with van der Waals surface area (Å²) in [5.74, 6) is 0.906. The number of furan rings is 1. The van der Waals surface area contributed by atoms with Crippen LogP contribution in [0.2, 0.25) is 0 Å². The summed E-state index contributed by atoms with van der Waals surface area (Å²) in [6.07, 6.45) is 0.496. The van der Waals surface area contributed by atoms with Crippen molar-refractivity contribution in [3.05, 3.63) is 59.0 Å². The average molecular weight is 342 g/mol. The predicted octanol–water partition coefficient (Wildman–Crippen LogP) is 3.13. The van der Waals surface area contributed by atoms with Gasteiger partial charge in [0.1, 0.15) is 5.76 Å². The normalized spacial score (nSPS) is 21.2. The van der Waals surface area contributed by atoms with Crippen LogP contribution in [0.25, 0.3) is 0 Å². The highest BCUT2D eigenvalue weighted by atomic mass is 16.5. The van der Waals surface area contributed by atoms with Gasteiger partial charge in [-0.05, 0) is 44.0 Å². The van der Waals surface area contributed by atoms with E-state index in [2.05, 4.69) is 36.2 Å². The summed E-state index contributed by atoms with van der Waals surface area (Å²) in [6, 6.07) is 11.7. The lowest BCUT2D eigenvalue weighted by molar-refractivity contribution is -0.0705. The second-order valence-corrected chi connectivity index (χ2v) is 6.81. The summed E-state index contributed by atoms with van der Waals surface area (Å²) in [7, 11) is 0. The third kappa shape index (κ3) is 4.71. The number of nitrogens with zero attached hydrogens (tertiary/aromatic N) is 1. The lowest BCUT2D eigenvalue weighted by Gasteiger charge is -2.35. The molecule has 0 bridgehead atoms. The minimum atomic E-state index is -0.184. The Balaban J connectivity index is 1.63. The Morgan fingerprint density at radius 3 is 2.44 bits per heavy atom. The number of benzene rings is 1. The molecule has 2 atom stereocenters. The Labute approximate surface area is 149 Å². The van der Waals surface area contributed by atoms with E-state index in [1.807, 2.05) is 19.1 Å². The molecule has 2 heterocycles. The second kappa shape index (κ2) is 7.85. The van der Waals surface area contributed by atoms with Gasteiger partial charge < -0.3 is 14.5 Å². The van der Waals surface area contributed by atoms with Crippen LogP contribution in [0, 0.1) is 6.92 Å². The minimum Gasteiger partial charge on any atom is -0.456 e. The Morgan fingerprint density at radius 1 is 1.12 bits per heavy atom. The van der Waals surface area contributed by atoms with E-state index in [9.17, 15) is 4.79 Å².